The lowest BCUT2D eigenvalue weighted by atomic mass is 9.32. The van der Waals surface area contributed by atoms with Gasteiger partial charge in [-0.25, -0.2) is 9.59 Å². The molecule has 8 fully saturated rings. The molecule has 5 bridgehead atoms. The summed E-state index contributed by atoms with van der Waals surface area (Å²) in [6.45, 7) is 4.15. The van der Waals surface area contributed by atoms with E-state index < -0.39 is 23.5 Å². The highest BCUT2D eigenvalue weighted by atomic mass is 16.7. The van der Waals surface area contributed by atoms with Crippen LogP contribution in [0.4, 0.5) is 9.59 Å². The molecule has 0 saturated heterocycles. The van der Waals surface area contributed by atoms with E-state index in [-0.39, 0.29) is 17.2 Å². The lowest BCUT2D eigenvalue weighted by Gasteiger charge is -2.74. The van der Waals surface area contributed by atoms with Gasteiger partial charge in [-0.1, -0.05) is 0 Å². The summed E-state index contributed by atoms with van der Waals surface area (Å²) in [4.78, 5) is 25.8. The molecule has 9 rings (SSSR count). The standard InChI is InChI=1S/C31H36O7/c1-28(19-5-15-3-17-7-23(28)30(17,12-15)14-19)37-26(33)35-21-9-20(32)10-22(11-21)36-27(34)38-29(2)24-6-16-4-18-8-25(29)31(18,24)13-16/h9-11,15-19,23-25,32H,3-8,12-14H2,1-2H3. The van der Waals surface area contributed by atoms with Crippen LogP contribution in [0.1, 0.15) is 71.6 Å². The fourth-order valence-electron chi connectivity index (χ4n) is 12.7. The Balaban J connectivity index is 0.872. The number of phenolic OH excluding ortho intramolecular Hbond substituents is 1. The van der Waals surface area contributed by atoms with E-state index in [0.29, 0.717) is 34.5 Å². The summed E-state index contributed by atoms with van der Waals surface area (Å²) < 4.78 is 23.0. The predicted octanol–water partition coefficient (Wildman–Crippen LogP) is 6.46. The van der Waals surface area contributed by atoms with Crippen molar-refractivity contribution >= 4 is 12.3 Å². The Labute approximate surface area is 222 Å². The van der Waals surface area contributed by atoms with Gasteiger partial charge in [-0.05, 0) is 112 Å². The SMILES string of the molecule is CC1(OC(=O)Oc2cc(O)cc(OC(=O)OC3(C)C4CC5CC6CC3C64C5)c2)C2CC3CC4CC1C4(C3)C2. The summed E-state index contributed by atoms with van der Waals surface area (Å²) in [6, 6.07) is 4.08. The zero-order chi connectivity index (χ0) is 25.8. The summed E-state index contributed by atoms with van der Waals surface area (Å²) in [5.74, 6) is 4.84. The third kappa shape index (κ3) is 2.45. The third-order valence-corrected chi connectivity index (χ3v) is 13.7. The molecule has 7 nitrogen and oxygen atoms in total. The molecule has 0 radical (unpaired) electrons. The first-order chi connectivity index (χ1) is 18.1. The molecule has 2 spiro atoms. The van der Waals surface area contributed by atoms with Gasteiger partial charge in [0.25, 0.3) is 0 Å². The van der Waals surface area contributed by atoms with Crippen LogP contribution in [0.5, 0.6) is 17.2 Å². The molecule has 1 aromatic rings. The van der Waals surface area contributed by atoms with Crippen LogP contribution in [0.15, 0.2) is 18.2 Å². The van der Waals surface area contributed by atoms with Crippen LogP contribution in [-0.2, 0) is 9.47 Å². The van der Waals surface area contributed by atoms with Crippen molar-refractivity contribution in [3.05, 3.63) is 18.2 Å². The van der Waals surface area contributed by atoms with Gasteiger partial charge in [0.2, 0.25) is 0 Å². The molecule has 8 saturated carbocycles. The molecule has 12 unspecified atom stereocenters. The van der Waals surface area contributed by atoms with Gasteiger partial charge in [-0.2, -0.15) is 0 Å². The zero-order valence-corrected chi connectivity index (χ0v) is 22.1. The smallest absolute Gasteiger partial charge is 0.508 e. The predicted molar refractivity (Wildman–Crippen MR) is 133 cm³/mol. The van der Waals surface area contributed by atoms with Crippen LogP contribution < -0.4 is 9.47 Å². The second-order valence-electron chi connectivity index (χ2n) is 14.8. The van der Waals surface area contributed by atoms with Gasteiger partial charge >= 0.3 is 12.3 Å². The van der Waals surface area contributed by atoms with E-state index in [1.807, 2.05) is 0 Å². The minimum absolute atomic E-state index is 0.0795. The van der Waals surface area contributed by atoms with Gasteiger partial charge in [0.1, 0.15) is 28.5 Å². The zero-order valence-electron chi connectivity index (χ0n) is 22.1. The van der Waals surface area contributed by atoms with Gasteiger partial charge in [-0.3, -0.25) is 0 Å². The van der Waals surface area contributed by atoms with Gasteiger partial charge in [0, 0.05) is 36.0 Å². The van der Waals surface area contributed by atoms with Crippen molar-refractivity contribution in [1.82, 2.24) is 0 Å². The number of ether oxygens (including phenoxy) is 4. The lowest BCUT2D eigenvalue weighted by Crippen LogP contribution is -2.76. The largest absolute Gasteiger partial charge is 0.514 e. The van der Waals surface area contributed by atoms with E-state index >= 15 is 0 Å². The van der Waals surface area contributed by atoms with Gasteiger partial charge in [-0.15, -0.1) is 0 Å². The minimum atomic E-state index is -0.771. The summed E-state index contributed by atoms with van der Waals surface area (Å²) in [7, 11) is 0. The number of carbonyl (C=O) groups excluding carboxylic acids is 2. The van der Waals surface area contributed by atoms with E-state index in [2.05, 4.69) is 13.8 Å². The second-order valence-corrected chi connectivity index (χ2v) is 14.8. The van der Waals surface area contributed by atoms with Crippen molar-refractivity contribution in [2.45, 2.75) is 82.8 Å². The average molecular weight is 521 g/mol. The number of hydrogen-bond acceptors (Lipinski definition) is 7. The van der Waals surface area contributed by atoms with Crippen molar-refractivity contribution in [1.29, 1.82) is 0 Å². The molecule has 0 aromatic heterocycles. The maximum absolute atomic E-state index is 13.0. The topological polar surface area (TPSA) is 91.3 Å². The van der Waals surface area contributed by atoms with Crippen LogP contribution in [0, 0.1) is 58.2 Å². The van der Waals surface area contributed by atoms with Crippen molar-refractivity contribution in [3.8, 4) is 17.2 Å². The van der Waals surface area contributed by atoms with Crippen molar-refractivity contribution in [2.75, 3.05) is 0 Å². The molecule has 8 aliphatic rings. The molecule has 0 amide bonds. The molecule has 12 atom stereocenters. The lowest BCUT2D eigenvalue weighted by molar-refractivity contribution is -0.314. The van der Waals surface area contributed by atoms with Crippen LogP contribution in [0.25, 0.3) is 0 Å². The highest BCUT2D eigenvalue weighted by Crippen LogP contribution is 2.85. The van der Waals surface area contributed by atoms with E-state index in [0.717, 1.165) is 55.8 Å². The highest BCUT2D eigenvalue weighted by Gasteiger charge is 2.83. The maximum Gasteiger partial charge on any atom is 0.514 e. The Morgan fingerprint density at radius 2 is 1.32 bits per heavy atom. The third-order valence-electron chi connectivity index (χ3n) is 13.7. The molecular formula is C31H36O7. The Morgan fingerprint density at radius 1 is 0.711 bits per heavy atom. The molecule has 8 aliphatic carbocycles. The van der Waals surface area contributed by atoms with Crippen molar-refractivity contribution < 1.29 is 33.6 Å². The Kier molecular flexibility index (Phi) is 3.91. The molecule has 202 valence electrons. The fraction of sp³-hybridized carbons (Fsp3) is 0.742. The molecule has 0 aliphatic heterocycles. The number of fused-ring (bicyclic) bond motifs is 3. The van der Waals surface area contributed by atoms with Crippen LogP contribution in [-0.4, -0.2) is 28.6 Å². The van der Waals surface area contributed by atoms with E-state index in [1.54, 1.807) is 0 Å². The van der Waals surface area contributed by atoms with Gasteiger partial charge in [0.15, 0.2) is 0 Å². The number of phenols is 1. The summed E-state index contributed by atoms with van der Waals surface area (Å²) in [5, 5.41) is 10.3. The number of rotatable bonds is 4. The minimum Gasteiger partial charge on any atom is -0.508 e. The molecule has 1 N–H and O–H groups in total. The van der Waals surface area contributed by atoms with E-state index in [4.69, 9.17) is 18.9 Å². The number of carbonyl (C=O) groups is 2. The average Bonchev–Trinajstić information content (AvgIpc) is 3.44. The van der Waals surface area contributed by atoms with Crippen molar-refractivity contribution in [3.63, 3.8) is 0 Å². The molecule has 1 aromatic carbocycles. The monoisotopic (exact) mass is 520 g/mol. The van der Waals surface area contributed by atoms with Crippen LogP contribution in [0.2, 0.25) is 0 Å². The Bertz CT molecular complexity index is 1290. The summed E-state index contributed by atoms with van der Waals surface area (Å²) >= 11 is 0. The summed E-state index contributed by atoms with van der Waals surface area (Å²) in [5.41, 5.74) is -0.181. The second kappa shape index (κ2) is 6.64. The normalized spacial score (nSPS) is 52.8. The molecule has 7 heteroatoms. The summed E-state index contributed by atoms with van der Waals surface area (Å²) in [6.07, 6.45) is 9.49. The highest BCUT2D eigenvalue weighted by molar-refractivity contribution is 5.68. The first-order valence-corrected chi connectivity index (χ1v) is 14.8. The Morgan fingerprint density at radius 3 is 2.05 bits per heavy atom. The number of aromatic hydroxyl groups is 1. The van der Waals surface area contributed by atoms with Gasteiger partial charge in [0.05, 0.1) is 0 Å². The Hall–Kier alpha value is -2.44. The molecule has 38 heavy (non-hydrogen) atoms. The van der Waals surface area contributed by atoms with Crippen LogP contribution in [0.3, 0.4) is 0 Å². The number of hydrogen-bond donors (Lipinski definition) is 1. The molecular weight excluding hydrogens is 484 g/mol. The van der Waals surface area contributed by atoms with Gasteiger partial charge < -0.3 is 24.1 Å². The van der Waals surface area contributed by atoms with E-state index in [9.17, 15) is 14.7 Å². The number of benzene rings is 1. The fourth-order valence-corrected chi connectivity index (χ4v) is 12.7. The van der Waals surface area contributed by atoms with E-state index in [1.165, 1.54) is 43.9 Å². The maximum atomic E-state index is 13.0. The quantitative estimate of drug-likeness (QED) is 0.360. The molecule has 0 heterocycles. The first kappa shape index (κ1) is 22.4. The first-order valence-electron chi connectivity index (χ1n) is 14.8. The van der Waals surface area contributed by atoms with Crippen molar-refractivity contribution in [2.24, 2.45) is 58.2 Å². The van der Waals surface area contributed by atoms with Crippen LogP contribution >= 0.6 is 0 Å².